The van der Waals surface area contributed by atoms with Crippen LogP contribution >= 0.6 is 39.0 Å². The van der Waals surface area contributed by atoms with Crippen molar-refractivity contribution in [3.05, 3.63) is 87.2 Å². The number of nitro benzene ring substituents is 1. The Morgan fingerprint density at radius 1 is 1.23 bits per heavy atom. The predicted molar refractivity (Wildman–Crippen MR) is 146 cm³/mol. The first-order valence-electron chi connectivity index (χ1n) is 11.5. The minimum Gasteiger partial charge on any atom is -0.456 e. The van der Waals surface area contributed by atoms with Gasteiger partial charge in [-0.25, -0.2) is 9.78 Å². The largest absolute Gasteiger partial charge is 0.456 e. The van der Waals surface area contributed by atoms with E-state index in [1.54, 1.807) is 6.20 Å². The highest BCUT2D eigenvalue weighted by atomic mass is 79.9. The number of nitrogens with zero attached hydrogens (tertiary/aromatic N) is 4. The zero-order valence-corrected chi connectivity index (χ0v) is 23.2. The standard InChI is InChI=1S/C25H17BrN4O7S2/c1-13(31)37-20(16-10-28-17-4-2-3-5-19(17)39-24(28)27-16)25(26)22(33)29-18(12-38-23(25)29)21(32)36-11-14-6-8-15(9-7-14)30(34)35/h2-10,12,20,23H,11H2,1H3/t20?,23-,25+/m1/s1. The number of imidazole rings is 1. The monoisotopic (exact) mass is 628 g/mol. The van der Waals surface area contributed by atoms with E-state index in [1.807, 2.05) is 28.7 Å². The summed E-state index contributed by atoms with van der Waals surface area (Å²) in [7, 11) is 0. The van der Waals surface area contributed by atoms with Crippen molar-refractivity contribution in [3.63, 3.8) is 0 Å². The summed E-state index contributed by atoms with van der Waals surface area (Å²) in [5, 5.41) is 11.8. The van der Waals surface area contributed by atoms with Crippen LogP contribution in [-0.2, 0) is 30.5 Å². The number of thioether (sulfide) groups is 1. The molecule has 14 heteroatoms. The van der Waals surface area contributed by atoms with E-state index in [0.717, 1.165) is 10.2 Å². The zero-order chi connectivity index (χ0) is 27.5. The summed E-state index contributed by atoms with van der Waals surface area (Å²) >= 11 is 6.26. The average Bonchev–Trinajstić information content (AvgIpc) is 3.62. The first kappa shape index (κ1) is 25.5. The molecule has 0 spiro atoms. The number of amides is 1. The van der Waals surface area contributed by atoms with Gasteiger partial charge < -0.3 is 9.47 Å². The van der Waals surface area contributed by atoms with Crippen molar-refractivity contribution in [1.82, 2.24) is 14.3 Å². The quantitative estimate of drug-likeness (QED) is 0.0938. The first-order chi connectivity index (χ1) is 18.7. The number of aromatic nitrogens is 2. The van der Waals surface area contributed by atoms with Gasteiger partial charge in [0.25, 0.3) is 11.6 Å². The number of fused-ring (bicyclic) bond motifs is 4. The van der Waals surface area contributed by atoms with Crippen molar-refractivity contribution in [2.45, 2.75) is 29.3 Å². The molecule has 1 fully saturated rings. The molecular weight excluding hydrogens is 612 g/mol. The first-order valence-corrected chi connectivity index (χ1v) is 14.1. The van der Waals surface area contributed by atoms with E-state index in [0.29, 0.717) is 16.2 Å². The van der Waals surface area contributed by atoms with Crippen LogP contribution in [-0.4, -0.2) is 46.8 Å². The van der Waals surface area contributed by atoms with Crippen LogP contribution in [0, 0.1) is 10.1 Å². The van der Waals surface area contributed by atoms with Crippen molar-refractivity contribution in [2.75, 3.05) is 0 Å². The van der Waals surface area contributed by atoms with Gasteiger partial charge in [0.15, 0.2) is 15.4 Å². The molecule has 0 saturated carbocycles. The Hall–Kier alpha value is -3.75. The Morgan fingerprint density at radius 2 is 1.97 bits per heavy atom. The molecule has 3 atom stereocenters. The second kappa shape index (κ2) is 9.47. The van der Waals surface area contributed by atoms with E-state index >= 15 is 0 Å². The maximum atomic E-state index is 13.5. The smallest absolute Gasteiger partial charge is 0.355 e. The molecule has 198 valence electrons. The molecule has 0 radical (unpaired) electrons. The van der Waals surface area contributed by atoms with Crippen LogP contribution in [0.4, 0.5) is 5.69 Å². The van der Waals surface area contributed by atoms with Gasteiger partial charge in [-0.05, 0) is 29.8 Å². The molecule has 0 aliphatic carbocycles. The lowest BCUT2D eigenvalue weighted by Gasteiger charge is -2.51. The van der Waals surface area contributed by atoms with Crippen LogP contribution in [0.25, 0.3) is 15.2 Å². The van der Waals surface area contributed by atoms with E-state index in [9.17, 15) is 24.5 Å². The number of hydrogen-bond donors (Lipinski definition) is 0. The van der Waals surface area contributed by atoms with Gasteiger partial charge in [-0.2, -0.15) is 0 Å². The molecule has 11 nitrogen and oxygen atoms in total. The fourth-order valence-electron chi connectivity index (χ4n) is 4.54. The van der Waals surface area contributed by atoms with Gasteiger partial charge in [0.1, 0.15) is 23.4 Å². The van der Waals surface area contributed by atoms with Crippen LogP contribution in [0.5, 0.6) is 0 Å². The molecule has 1 amide bonds. The lowest BCUT2D eigenvalue weighted by molar-refractivity contribution is -0.384. The Morgan fingerprint density at radius 3 is 2.69 bits per heavy atom. The Balaban J connectivity index is 1.22. The second-order valence-corrected chi connectivity index (χ2v) is 12.1. The average molecular weight is 629 g/mol. The van der Waals surface area contributed by atoms with Gasteiger partial charge in [0, 0.05) is 30.7 Å². The van der Waals surface area contributed by atoms with E-state index in [4.69, 9.17) is 9.47 Å². The number of hydrogen-bond acceptors (Lipinski definition) is 10. The van der Waals surface area contributed by atoms with Crippen molar-refractivity contribution in [3.8, 4) is 0 Å². The van der Waals surface area contributed by atoms with E-state index in [-0.39, 0.29) is 18.0 Å². The van der Waals surface area contributed by atoms with Crippen LogP contribution < -0.4 is 0 Å². The minimum absolute atomic E-state index is 0.0605. The number of alkyl halides is 1. The SMILES string of the molecule is CC(=O)OC(c1cn2c(n1)sc1ccccc12)[C@]1(Br)C(=O)N2C(C(=O)OCc3ccc([N+](=O)[O-])cc3)=CS[C@@H]21. The lowest BCUT2D eigenvalue weighted by atomic mass is 9.89. The lowest BCUT2D eigenvalue weighted by Crippen LogP contribution is -2.70. The molecule has 2 aromatic heterocycles. The molecule has 0 bridgehead atoms. The van der Waals surface area contributed by atoms with Gasteiger partial charge in [0.2, 0.25) is 0 Å². The van der Waals surface area contributed by atoms with Crippen LogP contribution in [0.2, 0.25) is 0 Å². The number of ether oxygens (including phenoxy) is 2. The highest BCUT2D eigenvalue weighted by Crippen LogP contribution is 2.58. The highest BCUT2D eigenvalue weighted by molar-refractivity contribution is 9.10. The molecule has 4 heterocycles. The summed E-state index contributed by atoms with van der Waals surface area (Å²) < 4.78 is 12.6. The number of halogens is 1. The number of esters is 2. The number of nitro groups is 1. The number of benzene rings is 2. The number of thiazole rings is 1. The highest BCUT2D eigenvalue weighted by Gasteiger charge is 2.69. The number of β-lactam (4-membered cyclic amide) rings is 1. The van der Waals surface area contributed by atoms with Crippen molar-refractivity contribution in [1.29, 1.82) is 0 Å². The fourth-order valence-corrected chi connectivity index (χ4v) is 7.83. The third-order valence-corrected chi connectivity index (χ3v) is 10.1. The van der Waals surface area contributed by atoms with Gasteiger partial charge in [-0.1, -0.05) is 39.4 Å². The number of carbonyl (C=O) groups is 3. The van der Waals surface area contributed by atoms with E-state index < -0.39 is 38.6 Å². The molecule has 1 unspecified atom stereocenters. The van der Waals surface area contributed by atoms with Crippen molar-refractivity contribution in [2.24, 2.45) is 0 Å². The summed E-state index contributed by atoms with van der Waals surface area (Å²) in [5.41, 5.74) is 1.89. The Kier molecular flexibility index (Phi) is 6.19. The number of non-ortho nitro benzene ring substituents is 1. The fraction of sp³-hybridized carbons (Fsp3) is 0.200. The molecule has 4 aromatic rings. The molecule has 2 aromatic carbocycles. The van der Waals surface area contributed by atoms with Gasteiger partial charge in [-0.15, -0.1) is 11.8 Å². The summed E-state index contributed by atoms with van der Waals surface area (Å²) in [4.78, 5) is 55.5. The van der Waals surface area contributed by atoms with Gasteiger partial charge >= 0.3 is 11.9 Å². The Labute approximate surface area is 236 Å². The zero-order valence-electron chi connectivity index (χ0n) is 20.0. The second-order valence-electron chi connectivity index (χ2n) is 8.81. The number of rotatable bonds is 7. The molecule has 2 aliphatic rings. The summed E-state index contributed by atoms with van der Waals surface area (Å²) in [6.07, 6.45) is 0.707. The van der Waals surface area contributed by atoms with Gasteiger partial charge in [-0.3, -0.25) is 29.0 Å². The Bertz CT molecular complexity index is 1720. The topological polar surface area (TPSA) is 133 Å². The van der Waals surface area contributed by atoms with Crippen LogP contribution in [0.3, 0.4) is 0 Å². The maximum Gasteiger partial charge on any atom is 0.355 e. The third kappa shape index (κ3) is 4.10. The van der Waals surface area contributed by atoms with E-state index in [2.05, 4.69) is 20.9 Å². The van der Waals surface area contributed by atoms with Crippen molar-refractivity contribution < 1.29 is 28.8 Å². The minimum atomic E-state index is -1.36. The van der Waals surface area contributed by atoms with Crippen LogP contribution in [0.15, 0.2) is 65.8 Å². The van der Waals surface area contributed by atoms with Crippen LogP contribution in [0.1, 0.15) is 24.3 Å². The maximum absolute atomic E-state index is 13.5. The molecule has 2 aliphatic heterocycles. The third-order valence-electron chi connectivity index (χ3n) is 6.39. The summed E-state index contributed by atoms with van der Waals surface area (Å²) in [6, 6.07) is 13.4. The number of para-hydroxylation sites is 1. The predicted octanol–water partition coefficient (Wildman–Crippen LogP) is 4.70. The summed E-state index contributed by atoms with van der Waals surface area (Å²) in [6.45, 7) is 1.14. The summed E-state index contributed by atoms with van der Waals surface area (Å²) in [5.74, 6) is -1.77. The van der Waals surface area contributed by atoms with Gasteiger partial charge in [0.05, 0.1) is 15.1 Å². The normalized spacial score (nSPS) is 20.9. The molecule has 1 saturated heterocycles. The van der Waals surface area contributed by atoms with Crippen molar-refractivity contribution >= 4 is 77.7 Å². The molecule has 39 heavy (non-hydrogen) atoms. The molecular formula is C25H17BrN4O7S2. The molecule has 6 rings (SSSR count). The molecule has 0 N–H and O–H groups in total. The number of carbonyl (C=O) groups excluding carboxylic acids is 3. The van der Waals surface area contributed by atoms with E-state index in [1.165, 1.54) is 64.6 Å².